The summed E-state index contributed by atoms with van der Waals surface area (Å²) in [6, 6.07) is 1.74. The summed E-state index contributed by atoms with van der Waals surface area (Å²) in [4.78, 5) is 12.2. The Kier molecular flexibility index (Phi) is 3.24. The first-order valence-corrected chi connectivity index (χ1v) is 5.78. The third-order valence-electron chi connectivity index (χ3n) is 3.43. The molecule has 0 aromatic carbocycles. The number of nitrogens with zero attached hydrogens (tertiary/aromatic N) is 1. The molecule has 0 bridgehead atoms. The normalized spacial score (nSPS) is 19.3. The molecular formula is C11H18N4O. The van der Waals surface area contributed by atoms with Crippen molar-refractivity contribution in [3.63, 3.8) is 0 Å². The van der Waals surface area contributed by atoms with E-state index in [9.17, 15) is 4.79 Å². The fourth-order valence-electron chi connectivity index (χ4n) is 2.33. The van der Waals surface area contributed by atoms with Gasteiger partial charge in [-0.25, -0.2) is 0 Å². The molecule has 88 valence electrons. The minimum absolute atomic E-state index is 0.0268. The molecule has 0 saturated heterocycles. The Morgan fingerprint density at radius 1 is 1.50 bits per heavy atom. The minimum Gasteiger partial charge on any atom is -0.329 e. The van der Waals surface area contributed by atoms with Gasteiger partial charge in [-0.3, -0.25) is 9.89 Å². The van der Waals surface area contributed by atoms with Crippen molar-refractivity contribution in [2.45, 2.75) is 32.1 Å². The van der Waals surface area contributed by atoms with E-state index in [0.29, 0.717) is 12.4 Å². The predicted molar refractivity (Wildman–Crippen MR) is 61.8 cm³/mol. The zero-order valence-corrected chi connectivity index (χ0v) is 9.33. The lowest BCUT2D eigenvalue weighted by Crippen LogP contribution is -2.43. The molecule has 0 radical (unpaired) electrons. The van der Waals surface area contributed by atoms with Crippen LogP contribution in [0.2, 0.25) is 0 Å². The van der Waals surface area contributed by atoms with Crippen LogP contribution in [0.4, 0.5) is 5.82 Å². The molecule has 1 saturated carbocycles. The van der Waals surface area contributed by atoms with Crippen molar-refractivity contribution in [2.75, 3.05) is 11.9 Å². The third kappa shape index (κ3) is 2.09. The SMILES string of the molecule is NCC1(C(=O)Nc2ccn[nH]2)CCCCC1. The second-order valence-electron chi connectivity index (χ2n) is 4.47. The first-order chi connectivity index (χ1) is 7.77. The maximum Gasteiger partial charge on any atom is 0.233 e. The van der Waals surface area contributed by atoms with Gasteiger partial charge in [-0.15, -0.1) is 0 Å². The van der Waals surface area contributed by atoms with Crippen LogP contribution in [0.25, 0.3) is 0 Å². The van der Waals surface area contributed by atoms with E-state index in [2.05, 4.69) is 15.5 Å². The van der Waals surface area contributed by atoms with Crippen LogP contribution in [-0.2, 0) is 4.79 Å². The largest absolute Gasteiger partial charge is 0.329 e. The Morgan fingerprint density at radius 3 is 2.81 bits per heavy atom. The van der Waals surface area contributed by atoms with E-state index in [4.69, 9.17) is 5.73 Å². The highest BCUT2D eigenvalue weighted by atomic mass is 16.2. The molecule has 0 spiro atoms. The van der Waals surface area contributed by atoms with Crippen molar-refractivity contribution in [2.24, 2.45) is 11.1 Å². The summed E-state index contributed by atoms with van der Waals surface area (Å²) in [5, 5.41) is 9.37. The van der Waals surface area contributed by atoms with Crippen LogP contribution in [0.5, 0.6) is 0 Å². The Balaban J connectivity index is 2.06. The Labute approximate surface area is 94.8 Å². The van der Waals surface area contributed by atoms with E-state index in [1.54, 1.807) is 12.3 Å². The first-order valence-electron chi connectivity index (χ1n) is 5.78. The fourth-order valence-corrected chi connectivity index (χ4v) is 2.33. The number of nitrogens with one attached hydrogen (secondary N) is 2. The van der Waals surface area contributed by atoms with Gasteiger partial charge in [-0.05, 0) is 12.8 Å². The topological polar surface area (TPSA) is 83.8 Å². The van der Waals surface area contributed by atoms with E-state index < -0.39 is 0 Å². The highest BCUT2D eigenvalue weighted by Crippen LogP contribution is 2.36. The average Bonchev–Trinajstić information content (AvgIpc) is 2.82. The Morgan fingerprint density at radius 2 is 2.25 bits per heavy atom. The van der Waals surface area contributed by atoms with Gasteiger partial charge in [0.2, 0.25) is 5.91 Å². The molecule has 0 unspecified atom stereocenters. The van der Waals surface area contributed by atoms with Gasteiger partial charge in [0.25, 0.3) is 0 Å². The van der Waals surface area contributed by atoms with Gasteiger partial charge in [-0.2, -0.15) is 5.10 Å². The first kappa shape index (κ1) is 11.1. The van der Waals surface area contributed by atoms with Gasteiger partial charge in [-0.1, -0.05) is 19.3 Å². The molecule has 4 N–H and O–H groups in total. The number of rotatable bonds is 3. The molecule has 5 heteroatoms. The zero-order valence-electron chi connectivity index (χ0n) is 9.33. The van der Waals surface area contributed by atoms with Gasteiger partial charge in [0.15, 0.2) is 0 Å². The summed E-state index contributed by atoms with van der Waals surface area (Å²) >= 11 is 0. The lowest BCUT2D eigenvalue weighted by molar-refractivity contribution is -0.126. The molecule has 1 aromatic rings. The summed E-state index contributed by atoms with van der Waals surface area (Å²) < 4.78 is 0. The van der Waals surface area contributed by atoms with Gasteiger partial charge in [0.1, 0.15) is 5.82 Å². The maximum atomic E-state index is 12.2. The maximum absolute atomic E-state index is 12.2. The summed E-state index contributed by atoms with van der Waals surface area (Å²) in [6.07, 6.45) is 6.79. The van der Waals surface area contributed by atoms with Gasteiger partial charge in [0, 0.05) is 12.6 Å². The van der Waals surface area contributed by atoms with Crippen LogP contribution in [-0.4, -0.2) is 22.6 Å². The van der Waals surface area contributed by atoms with E-state index in [1.165, 1.54) is 6.42 Å². The van der Waals surface area contributed by atoms with Crippen LogP contribution in [0.15, 0.2) is 12.3 Å². The number of aromatic nitrogens is 2. The number of nitrogens with two attached hydrogens (primary N) is 1. The fraction of sp³-hybridized carbons (Fsp3) is 0.636. The van der Waals surface area contributed by atoms with Crippen LogP contribution in [0.1, 0.15) is 32.1 Å². The van der Waals surface area contributed by atoms with Crippen molar-refractivity contribution < 1.29 is 4.79 Å². The van der Waals surface area contributed by atoms with E-state index in [0.717, 1.165) is 25.7 Å². The number of anilines is 1. The summed E-state index contributed by atoms with van der Waals surface area (Å²) in [6.45, 7) is 0.424. The monoisotopic (exact) mass is 222 g/mol. The zero-order chi connectivity index (χ0) is 11.4. The Bertz CT molecular complexity index is 341. The molecule has 2 rings (SSSR count). The van der Waals surface area contributed by atoms with Crippen LogP contribution >= 0.6 is 0 Å². The number of hydrogen-bond donors (Lipinski definition) is 3. The summed E-state index contributed by atoms with van der Waals surface area (Å²) in [7, 11) is 0. The molecule has 0 atom stereocenters. The number of carbonyl (C=O) groups is 1. The minimum atomic E-state index is -0.372. The smallest absolute Gasteiger partial charge is 0.233 e. The van der Waals surface area contributed by atoms with Crippen molar-refractivity contribution in [1.82, 2.24) is 10.2 Å². The molecule has 1 heterocycles. The van der Waals surface area contributed by atoms with Crippen molar-refractivity contribution >= 4 is 11.7 Å². The number of amides is 1. The molecule has 5 nitrogen and oxygen atoms in total. The van der Waals surface area contributed by atoms with Crippen molar-refractivity contribution in [3.8, 4) is 0 Å². The lowest BCUT2D eigenvalue weighted by atomic mass is 9.73. The van der Waals surface area contributed by atoms with Crippen LogP contribution in [0, 0.1) is 5.41 Å². The number of carbonyl (C=O) groups excluding carboxylic acids is 1. The molecule has 1 aromatic heterocycles. The number of aromatic amines is 1. The molecule has 16 heavy (non-hydrogen) atoms. The van der Waals surface area contributed by atoms with Gasteiger partial charge >= 0.3 is 0 Å². The molecule has 1 aliphatic carbocycles. The van der Waals surface area contributed by atoms with Gasteiger partial charge < -0.3 is 11.1 Å². The van der Waals surface area contributed by atoms with Crippen molar-refractivity contribution in [3.05, 3.63) is 12.3 Å². The van der Waals surface area contributed by atoms with E-state index >= 15 is 0 Å². The molecule has 1 amide bonds. The summed E-state index contributed by atoms with van der Waals surface area (Å²) in [5.74, 6) is 0.669. The van der Waals surface area contributed by atoms with E-state index in [-0.39, 0.29) is 11.3 Å². The molecule has 0 aliphatic heterocycles. The van der Waals surface area contributed by atoms with Crippen LogP contribution < -0.4 is 11.1 Å². The standard InChI is InChI=1S/C11H18N4O/c12-8-11(5-2-1-3-6-11)10(16)14-9-4-7-13-15-9/h4,7H,1-3,5-6,8,12H2,(H2,13,14,15,16). The lowest BCUT2D eigenvalue weighted by Gasteiger charge is -2.34. The molecule has 1 aliphatic rings. The molecular weight excluding hydrogens is 204 g/mol. The number of hydrogen-bond acceptors (Lipinski definition) is 3. The molecule has 1 fully saturated rings. The number of H-pyrrole nitrogens is 1. The highest BCUT2D eigenvalue weighted by molar-refractivity contribution is 5.94. The quantitative estimate of drug-likeness (QED) is 0.719. The Hall–Kier alpha value is -1.36. The predicted octanol–water partition coefficient (Wildman–Crippen LogP) is 1.26. The van der Waals surface area contributed by atoms with Crippen LogP contribution in [0.3, 0.4) is 0 Å². The average molecular weight is 222 g/mol. The second kappa shape index (κ2) is 4.65. The highest BCUT2D eigenvalue weighted by Gasteiger charge is 2.38. The van der Waals surface area contributed by atoms with Gasteiger partial charge in [0.05, 0.1) is 11.6 Å². The second-order valence-corrected chi connectivity index (χ2v) is 4.47. The van der Waals surface area contributed by atoms with E-state index in [1.807, 2.05) is 0 Å². The summed E-state index contributed by atoms with van der Waals surface area (Å²) in [5.41, 5.74) is 5.41. The third-order valence-corrected chi connectivity index (χ3v) is 3.43. The van der Waals surface area contributed by atoms with Crippen molar-refractivity contribution in [1.29, 1.82) is 0 Å².